The predicted molar refractivity (Wildman–Crippen MR) is 103 cm³/mol. The topological polar surface area (TPSA) is 93.0 Å². The van der Waals surface area contributed by atoms with Gasteiger partial charge in [0.15, 0.2) is 0 Å². The second kappa shape index (κ2) is 7.58. The Kier molecular flexibility index (Phi) is 5.39. The molecule has 0 aliphatic heterocycles. The lowest BCUT2D eigenvalue weighted by Crippen LogP contribution is -2.35. The fraction of sp³-hybridized carbons (Fsp3) is 0.381. The number of benzene rings is 1. The van der Waals surface area contributed by atoms with Crippen LogP contribution < -0.4 is 10.4 Å². The highest BCUT2D eigenvalue weighted by atomic mass is 16.5. The van der Waals surface area contributed by atoms with Crippen molar-refractivity contribution in [2.45, 2.75) is 45.3 Å². The van der Waals surface area contributed by atoms with Gasteiger partial charge in [0.05, 0.1) is 28.7 Å². The number of fused-ring (bicyclic) bond motifs is 2. The van der Waals surface area contributed by atoms with E-state index in [4.69, 9.17) is 13.6 Å². The van der Waals surface area contributed by atoms with Crippen LogP contribution in [0.1, 0.15) is 33.6 Å². The lowest BCUT2D eigenvalue weighted by molar-refractivity contribution is -0.0509. The summed E-state index contributed by atoms with van der Waals surface area (Å²) in [6.45, 7) is 5.46. The molecule has 0 amide bonds. The van der Waals surface area contributed by atoms with Gasteiger partial charge >= 0.3 is 5.63 Å². The molecule has 27 heavy (non-hydrogen) atoms. The smallest absolute Gasteiger partial charge is 0.336 e. The lowest BCUT2D eigenvalue weighted by atomic mass is 9.96. The predicted octanol–water partition coefficient (Wildman–Crippen LogP) is 3.78. The van der Waals surface area contributed by atoms with Crippen LogP contribution in [0.25, 0.3) is 21.9 Å². The Hall–Kier alpha value is -2.57. The first-order chi connectivity index (χ1) is 12.8. The van der Waals surface area contributed by atoms with E-state index in [0.717, 1.165) is 11.0 Å². The highest BCUT2D eigenvalue weighted by Crippen LogP contribution is 2.35. The Bertz CT molecular complexity index is 1020. The Morgan fingerprint density at radius 1 is 1.26 bits per heavy atom. The lowest BCUT2D eigenvalue weighted by Gasteiger charge is -2.24. The molecule has 1 aromatic carbocycles. The third-order valence-corrected chi connectivity index (χ3v) is 4.60. The van der Waals surface area contributed by atoms with E-state index in [0.29, 0.717) is 41.8 Å². The van der Waals surface area contributed by atoms with E-state index in [1.54, 1.807) is 32.2 Å². The van der Waals surface area contributed by atoms with Crippen molar-refractivity contribution in [3.63, 3.8) is 0 Å². The summed E-state index contributed by atoms with van der Waals surface area (Å²) in [7, 11) is 0. The summed E-state index contributed by atoms with van der Waals surface area (Å²) < 4.78 is 16.6. The van der Waals surface area contributed by atoms with Gasteiger partial charge < -0.3 is 23.8 Å². The number of aliphatic hydroxyl groups excluding tert-OH is 1. The monoisotopic (exact) mass is 372 g/mol. The number of hydrogen-bond acceptors (Lipinski definition) is 6. The summed E-state index contributed by atoms with van der Waals surface area (Å²) in [6, 6.07) is 6.53. The van der Waals surface area contributed by atoms with Gasteiger partial charge in [-0.25, -0.2) is 4.79 Å². The zero-order valence-electron chi connectivity index (χ0n) is 15.7. The summed E-state index contributed by atoms with van der Waals surface area (Å²) in [4.78, 5) is 11.5. The van der Waals surface area contributed by atoms with Gasteiger partial charge in [0.1, 0.15) is 23.5 Å². The van der Waals surface area contributed by atoms with E-state index >= 15 is 0 Å². The molecule has 0 unspecified atom stereocenters. The van der Waals surface area contributed by atoms with Gasteiger partial charge in [-0.05, 0) is 51.8 Å². The van der Waals surface area contributed by atoms with Crippen LogP contribution in [0.4, 0.5) is 0 Å². The van der Waals surface area contributed by atoms with Crippen LogP contribution >= 0.6 is 0 Å². The fourth-order valence-corrected chi connectivity index (χ4v) is 2.85. The number of aliphatic hydroxyl groups is 2. The zero-order valence-corrected chi connectivity index (χ0v) is 15.7. The number of hydrogen-bond donors (Lipinski definition) is 2. The molecule has 0 saturated heterocycles. The van der Waals surface area contributed by atoms with Gasteiger partial charge in [-0.15, -0.1) is 0 Å². The van der Waals surface area contributed by atoms with Gasteiger partial charge in [0.25, 0.3) is 0 Å². The minimum absolute atomic E-state index is 0.322. The van der Waals surface area contributed by atoms with Gasteiger partial charge in [0, 0.05) is 12.1 Å². The van der Waals surface area contributed by atoms with Crippen molar-refractivity contribution < 1.29 is 23.8 Å². The molecule has 3 rings (SSSR count). The Morgan fingerprint density at radius 3 is 2.74 bits per heavy atom. The Morgan fingerprint density at radius 2 is 2.00 bits per heavy atom. The average molecular weight is 372 g/mol. The zero-order chi connectivity index (χ0) is 19.6. The van der Waals surface area contributed by atoms with Crippen LogP contribution in [0, 0.1) is 0 Å². The van der Waals surface area contributed by atoms with Crippen molar-refractivity contribution >= 4 is 21.9 Å². The number of allylic oxidation sites excluding steroid dienone is 1. The highest BCUT2D eigenvalue weighted by Gasteiger charge is 2.23. The van der Waals surface area contributed by atoms with E-state index in [1.165, 1.54) is 6.07 Å². The first-order valence-electron chi connectivity index (χ1n) is 8.88. The molecule has 6 nitrogen and oxygen atoms in total. The van der Waals surface area contributed by atoms with Crippen molar-refractivity contribution in [2.24, 2.45) is 0 Å². The molecular weight excluding hydrogens is 348 g/mol. The van der Waals surface area contributed by atoms with Crippen LogP contribution in [-0.2, 0) is 0 Å². The van der Waals surface area contributed by atoms with Crippen LogP contribution in [0.3, 0.4) is 0 Å². The van der Waals surface area contributed by atoms with E-state index in [-0.39, 0.29) is 0 Å². The molecule has 3 aromatic rings. The van der Waals surface area contributed by atoms with Gasteiger partial charge in [-0.2, -0.15) is 0 Å². The molecule has 2 aromatic heterocycles. The van der Waals surface area contributed by atoms with E-state index in [2.05, 4.69) is 0 Å². The van der Waals surface area contributed by atoms with Gasteiger partial charge in [0.2, 0.25) is 0 Å². The highest BCUT2D eigenvalue weighted by molar-refractivity contribution is 6.01. The summed E-state index contributed by atoms with van der Waals surface area (Å²) in [5.41, 5.74) is 0.500. The molecule has 1 atom stereocenters. The van der Waals surface area contributed by atoms with E-state index in [9.17, 15) is 15.0 Å². The van der Waals surface area contributed by atoms with Gasteiger partial charge in [-0.1, -0.05) is 5.57 Å². The molecule has 2 heterocycles. The maximum atomic E-state index is 11.5. The molecule has 144 valence electrons. The SMILES string of the molecule is CC(=CCOc1c2ccoc2cc2oc(=O)ccc12)CC[C@@H](O)C(C)(C)O. The summed E-state index contributed by atoms with van der Waals surface area (Å²) in [5, 5.41) is 21.2. The molecule has 0 saturated carbocycles. The normalized spacial score (nSPS) is 14.0. The van der Waals surface area contributed by atoms with E-state index in [1.807, 2.05) is 19.1 Å². The minimum atomic E-state index is -1.11. The summed E-state index contributed by atoms with van der Waals surface area (Å²) in [5.74, 6) is 0.598. The molecule has 0 fully saturated rings. The molecule has 0 spiro atoms. The van der Waals surface area contributed by atoms with Crippen molar-refractivity contribution in [1.29, 1.82) is 0 Å². The van der Waals surface area contributed by atoms with Gasteiger partial charge in [-0.3, -0.25) is 0 Å². The quantitative estimate of drug-likeness (QED) is 0.484. The Labute approximate surface area is 156 Å². The molecule has 0 aliphatic rings. The van der Waals surface area contributed by atoms with Crippen molar-refractivity contribution in [3.05, 3.63) is 52.6 Å². The van der Waals surface area contributed by atoms with Crippen molar-refractivity contribution in [2.75, 3.05) is 6.61 Å². The van der Waals surface area contributed by atoms with Crippen molar-refractivity contribution in [1.82, 2.24) is 0 Å². The second-order valence-electron chi connectivity index (χ2n) is 7.27. The number of rotatable bonds is 7. The molecule has 0 radical (unpaired) electrons. The first-order valence-corrected chi connectivity index (χ1v) is 8.88. The third-order valence-electron chi connectivity index (χ3n) is 4.60. The first kappa shape index (κ1) is 19.2. The minimum Gasteiger partial charge on any atom is -0.488 e. The second-order valence-corrected chi connectivity index (χ2v) is 7.27. The fourth-order valence-electron chi connectivity index (χ4n) is 2.85. The Balaban J connectivity index is 1.76. The van der Waals surface area contributed by atoms with Crippen LogP contribution in [-0.4, -0.2) is 28.5 Å². The maximum Gasteiger partial charge on any atom is 0.336 e. The maximum absolute atomic E-state index is 11.5. The summed E-state index contributed by atoms with van der Waals surface area (Å²) >= 11 is 0. The summed E-state index contributed by atoms with van der Waals surface area (Å²) in [6.07, 6.45) is 3.83. The molecule has 2 N–H and O–H groups in total. The third kappa shape index (κ3) is 4.40. The number of furan rings is 1. The standard InChI is InChI=1S/C21H24O6/c1-13(4-6-18(22)21(2,3)24)8-10-26-20-14-5-7-19(23)27-17(14)12-16-15(20)9-11-25-16/h5,7-9,11-12,18,22,24H,4,6,10H2,1-3H3/t18-/m1/s1. The van der Waals surface area contributed by atoms with Crippen LogP contribution in [0.5, 0.6) is 5.75 Å². The molecule has 6 heteroatoms. The average Bonchev–Trinajstić information content (AvgIpc) is 3.06. The molecule has 0 bridgehead atoms. The van der Waals surface area contributed by atoms with Crippen LogP contribution in [0.2, 0.25) is 0 Å². The molecular formula is C21H24O6. The van der Waals surface area contributed by atoms with E-state index < -0.39 is 17.3 Å². The molecule has 0 aliphatic carbocycles. The number of ether oxygens (including phenoxy) is 1. The largest absolute Gasteiger partial charge is 0.488 e. The van der Waals surface area contributed by atoms with Crippen LogP contribution in [0.15, 0.2) is 55.8 Å². The van der Waals surface area contributed by atoms with Crippen molar-refractivity contribution in [3.8, 4) is 5.75 Å².